The molecular weight excluding hydrogens is 240 g/mol. The Labute approximate surface area is 96.9 Å². The van der Waals surface area contributed by atoms with E-state index in [0.717, 1.165) is 21.2 Å². The van der Waals surface area contributed by atoms with Gasteiger partial charge in [0.1, 0.15) is 11.0 Å². The van der Waals surface area contributed by atoms with Crippen molar-refractivity contribution in [1.82, 2.24) is 19.4 Å². The van der Waals surface area contributed by atoms with E-state index in [-0.39, 0.29) is 0 Å². The average molecular weight is 248 g/mol. The standard InChI is InChI=1S/C10H8N4O2S/c1-17(15,16)14-10-5-7-3-2-4-11-8(7)6-9(10)12-13-14/h2-6H,1H3. The number of hydrogen-bond acceptors (Lipinski definition) is 5. The third-order valence-electron chi connectivity index (χ3n) is 2.45. The molecule has 0 aliphatic heterocycles. The first-order valence-electron chi connectivity index (χ1n) is 4.86. The van der Waals surface area contributed by atoms with E-state index in [1.165, 1.54) is 0 Å². The van der Waals surface area contributed by atoms with E-state index in [4.69, 9.17) is 0 Å². The van der Waals surface area contributed by atoms with Crippen LogP contribution in [0.1, 0.15) is 0 Å². The summed E-state index contributed by atoms with van der Waals surface area (Å²) in [5.74, 6) is 0. The van der Waals surface area contributed by atoms with Gasteiger partial charge in [0.15, 0.2) is 0 Å². The minimum Gasteiger partial charge on any atom is -0.256 e. The molecule has 2 aromatic heterocycles. The van der Waals surface area contributed by atoms with Crippen molar-refractivity contribution in [3.63, 3.8) is 0 Å². The Morgan fingerprint density at radius 3 is 2.82 bits per heavy atom. The second-order valence-corrected chi connectivity index (χ2v) is 5.54. The molecule has 7 heteroatoms. The molecule has 0 bridgehead atoms. The van der Waals surface area contributed by atoms with Gasteiger partial charge < -0.3 is 0 Å². The fraction of sp³-hybridized carbons (Fsp3) is 0.100. The highest BCUT2D eigenvalue weighted by Crippen LogP contribution is 2.19. The zero-order valence-corrected chi connectivity index (χ0v) is 9.72. The Balaban J connectivity index is 2.48. The second-order valence-electron chi connectivity index (χ2n) is 3.73. The number of benzene rings is 1. The van der Waals surface area contributed by atoms with Crippen molar-refractivity contribution < 1.29 is 8.42 Å². The molecule has 0 saturated carbocycles. The lowest BCUT2D eigenvalue weighted by Crippen LogP contribution is -2.11. The topological polar surface area (TPSA) is 77.7 Å². The summed E-state index contributed by atoms with van der Waals surface area (Å²) in [7, 11) is -3.43. The van der Waals surface area contributed by atoms with Gasteiger partial charge in [-0.15, -0.1) is 9.19 Å². The molecule has 6 nitrogen and oxygen atoms in total. The zero-order chi connectivity index (χ0) is 12.0. The fourth-order valence-corrected chi connectivity index (χ4v) is 2.39. The second kappa shape index (κ2) is 3.24. The van der Waals surface area contributed by atoms with Crippen molar-refractivity contribution in [2.75, 3.05) is 6.26 Å². The summed E-state index contributed by atoms with van der Waals surface area (Å²) in [4.78, 5) is 4.18. The fourth-order valence-electron chi connectivity index (χ4n) is 1.71. The summed E-state index contributed by atoms with van der Waals surface area (Å²) in [6.07, 6.45) is 2.77. The molecule has 0 fully saturated rings. The van der Waals surface area contributed by atoms with Gasteiger partial charge in [0.25, 0.3) is 10.0 Å². The van der Waals surface area contributed by atoms with Crippen LogP contribution in [-0.4, -0.2) is 34.1 Å². The molecule has 17 heavy (non-hydrogen) atoms. The third-order valence-corrected chi connectivity index (χ3v) is 3.35. The molecule has 0 amide bonds. The molecule has 0 unspecified atom stereocenters. The first-order chi connectivity index (χ1) is 8.05. The van der Waals surface area contributed by atoms with Gasteiger partial charge in [0.05, 0.1) is 11.8 Å². The number of nitrogens with zero attached hydrogens (tertiary/aromatic N) is 4. The van der Waals surface area contributed by atoms with E-state index in [1.54, 1.807) is 24.4 Å². The summed E-state index contributed by atoms with van der Waals surface area (Å²) in [5, 5.41) is 8.32. The average Bonchev–Trinajstić information content (AvgIpc) is 2.68. The molecule has 0 saturated heterocycles. The van der Waals surface area contributed by atoms with Gasteiger partial charge in [-0.05, 0) is 18.2 Å². The van der Waals surface area contributed by atoms with Gasteiger partial charge >= 0.3 is 0 Å². The van der Waals surface area contributed by atoms with Crippen LogP contribution in [0.4, 0.5) is 0 Å². The zero-order valence-electron chi connectivity index (χ0n) is 8.90. The first-order valence-corrected chi connectivity index (χ1v) is 6.71. The van der Waals surface area contributed by atoms with Gasteiger partial charge in [-0.2, -0.15) is 0 Å². The van der Waals surface area contributed by atoms with E-state index < -0.39 is 10.0 Å². The van der Waals surface area contributed by atoms with Crippen molar-refractivity contribution in [3.05, 3.63) is 30.5 Å². The minimum absolute atomic E-state index is 0.466. The summed E-state index contributed by atoms with van der Waals surface area (Å²) >= 11 is 0. The van der Waals surface area contributed by atoms with Crippen LogP contribution in [0, 0.1) is 0 Å². The largest absolute Gasteiger partial charge is 0.256 e. The van der Waals surface area contributed by atoms with Crippen LogP contribution in [0.25, 0.3) is 21.9 Å². The summed E-state index contributed by atoms with van der Waals surface area (Å²) in [5.41, 5.74) is 1.75. The first kappa shape index (κ1) is 10.2. The Hall–Kier alpha value is -2.02. The van der Waals surface area contributed by atoms with Crippen molar-refractivity contribution in [2.45, 2.75) is 0 Å². The van der Waals surface area contributed by atoms with Crippen LogP contribution >= 0.6 is 0 Å². The molecule has 3 rings (SSSR count). The number of rotatable bonds is 1. The van der Waals surface area contributed by atoms with Gasteiger partial charge in [0.2, 0.25) is 0 Å². The van der Waals surface area contributed by atoms with Crippen LogP contribution in [0.2, 0.25) is 0 Å². The maximum atomic E-state index is 11.5. The summed E-state index contributed by atoms with van der Waals surface area (Å²) in [6, 6.07) is 7.10. The highest BCUT2D eigenvalue weighted by molar-refractivity contribution is 7.89. The van der Waals surface area contributed by atoms with Gasteiger partial charge in [-0.3, -0.25) is 4.98 Å². The third kappa shape index (κ3) is 1.55. The van der Waals surface area contributed by atoms with Gasteiger partial charge in [0, 0.05) is 11.6 Å². The molecule has 0 aliphatic carbocycles. The number of fused-ring (bicyclic) bond motifs is 2. The maximum absolute atomic E-state index is 11.5. The molecule has 2 heterocycles. The number of pyridine rings is 1. The molecule has 0 aliphatic rings. The van der Waals surface area contributed by atoms with Crippen LogP contribution in [-0.2, 0) is 10.0 Å². The highest BCUT2D eigenvalue weighted by Gasteiger charge is 2.13. The lowest BCUT2D eigenvalue weighted by molar-refractivity contribution is 0.586. The Kier molecular flexibility index (Phi) is 1.93. The van der Waals surface area contributed by atoms with Crippen molar-refractivity contribution in [2.24, 2.45) is 0 Å². The molecule has 0 atom stereocenters. The van der Waals surface area contributed by atoms with E-state index >= 15 is 0 Å². The lowest BCUT2D eigenvalue weighted by atomic mass is 10.2. The number of aromatic nitrogens is 4. The van der Waals surface area contributed by atoms with Crippen molar-refractivity contribution in [3.8, 4) is 0 Å². The van der Waals surface area contributed by atoms with Crippen LogP contribution in [0.5, 0.6) is 0 Å². The molecule has 1 aromatic carbocycles. The van der Waals surface area contributed by atoms with Crippen LogP contribution in [0.3, 0.4) is 0 Å². The molecule has 3 aromatic rings. The summed E-state index contributed by atoms with van der Waals surface area (Å²) in [6.45, 7) is 0. The number of hydrogen-bond donors (Lipinski definition) is 0. The SMILES string of the molecule is CS(=O)(=O)n1nnc2cc3ncccc3cc21. The lowest BCUT2D eigenvalue weighted by Gasteiger charge is -1.99. The van der Waals surface area contributed by atoms with E-state index in [1.807, 2.05) is 6.07 Å². The van der Waals surface area contributed by atoms with Crippen LogP contribution < -0.4 is 0 Å². The normalized spacial score (nSPS) is 12.3. The Morgan fingerprint density at radius 2 is 2.06 bits per heavy atom. The Bertz CT molecular complexity index is 823. The van der Waals surface area contributed by atoms with E-state index in [0.29, 0.717) is 11.0 Å². The van der Waals surface area contributed by atoms with Crippen molar-refractivity contribution >= 4 is 32.0 Å². The van der Waals surface area contributed by atoms with Gasteiger partial charge in [-0.25, -0.2) is 8.42 Å². The molecule has 0 spiro atoms. The predicted molar refractivity (Wildman–Crippen MR) is 63.1 cm³/mol. The maximum Gasteiger partial charge on any atom is 0.252 e. The predicted octanol–water partition coefficient (Wildman–Crippen LogP) is 0.787. The highest BCUT2D eigenvalue weighted by atomic mass is 32.2. The quantitative estimate of drug-likeness (QED) is 0.636. The summed E-state index contributed by atoms with van der Waals surface area (Å²) < 4.78 is 23.9. The molecule has 86 valence electrons. The molecule has 0 radical (unpaired) electrons. The van der Waals surface area contributed by atoms with E-state index in [2.05, 4.69) is 15.3 Å². The molecule has 0 N–H and O–H groups in total. The van der Waals surface area contributed by atoms with Crippen LogP contribution in [0.15, 0.2) is 30.5 Å². The van der Waals surface area contributed by atoms with Gasteiger partial charge in [-0.1, -0.05) is 11.3 Å². The minimum atomic E-state index is -3.43. The van der Waals surface area contributed by atoms with Crippen molar-refractivity contribution in [1.29, 1.82) is 0 Å². The Morgan fingerprint density at radius 1 is 1.24 bits per heavy atom. The van der Waals surface area contributed by atoms with E-state index in [9.17, 15) is 8.42 Å². The molecular formula is C10H8N4O2S. The monoisotopic (exact) mass is 248 g/mol. The smallest absolute Gasteiger partial charge is 0.252 e.